The number of hydrogen-bond donors (Lipinski definition) is 0. The molecule has 0 fully saturated rings. The molecule has 0 saturated carbocycles. The molecule has 0 aromatic carbocycles. The van der Waals surface area contributed by atoms with Crippen LogP contribution in [0.4, 0.5) is 0 Å². The standard InChI is InChI=1S/C36H62O3/c1-3-5-7-9-11-13-15-17-19-21-23-25-27-29-31-33-35(37)39-36(38)34-32-30-28-26-24-22-20-18-16-14-12-10-8-6-4-2/h11-14,17-20H,3-10,15-16,21-34H2,1-2H3/b13-11-,14-12?,19-17-,20-18?. The van der Waals surface area contributed by atoms with E-state index in [4.69, 9.17) is 4.74 Å². The first-order chi connectivity index (χ1) is 19.2. The first kappa shape index (κ1) is 37.1. The van der Waals surface area contributed by atoms with Crippen LogP contribution < -0.4 is 0 Å². The Kier molecular flexibility index (Phi) is 30.7. The lowest BCUT2D eigenvalue weighted by Crippen LogP contribution is -2.11. The second-order valence-electron chi connectivity index (χ2n) is 10.8. The predicted octanol–water partition coefficient (Wildman–Crippen LogP) is 11.7. The van der Waals surface area contributed by atoms with Gasteiger partial charge in [-0.1, -0.05) is 127 Å². The molecule has 0 amide bonds. The predicted molar refractivity (Wildman–Crippen MR) is 170 cm³/mol. The van der Waals surface area contributed by atoms with E-state index in [9.17, 15) is 9.59 Å². The van der Waals surface area contributed by atoms with Crippen molar-refractivity contribution in [3.8, 4) is 0 Å². The van der Waals surface area contributed by atoms with Crippen LogP contribution in [0.15, 0.2) is 48.6 Å². The Labute approximate surface area is 242 Å². The van der Waals surface area contributed by atoms with E-state index < -0.39 is 0 Å². The van der Waals surface area contributed by atoms with Crippen molar-refractivity contribution in [3.63, 3.8) is 0 Å². The van der Waals surface area contributed by atoms with Gasteiger partial charge < -0.3 is 4.74 Å². The van der Waals surface area contributed by atoms with Crippen molar-refractivity contribution in [1.82, 2.24) is 0 Å². The minimum Gasteiger partial charge on any atom is -0.393 e. The fourth-order valence-electron chi connectivity index (χ4n) is 4.39. The number of carbonyl (C=O) groups is 2. The van der Waals surface area contributed by atoms with Crippen molar-refractivity contribution in [2.24, 2.45) is 0 Å². The van der Waals surface area contributed by atoms with Gasteiger partial charge in [0, 0.05) is 12.8 Å². The van der Waals surface area contributed by atoms with E-state index in [-0.39, 0.29) is 11.9 Å². The molecule has 0 aromatic rings. The van der Waals surface area contributed by atoms with Crippen molar-refractivity contribution in [1.29, 1.82) is 0 Å². The van der Waals surface area contributed by atoms with Crippen LogP contribution in [0, 0.1) is 0 Å². The molecule has 0 spiro atoms. The molecule has 3 nitrogen and oxygen atoms in total. The maximum atomic E-state index is 11.9. The summed E-state index contributed by atoms with van der Waals surface area (Å²) in [6.45, 7) is 4.48. The molecule has 0 aliphatic heterocycles. The zero-order chi connectivity index (χ0) is 28.5. The topological polar surface area (TPSA) is 43.4 Å². The number of esters is 2. The number of hydrogen-bond acceptors (Lipinski definition) is 3. The van der Waals surface area contributed by atoms with Crippen LogP contribution in [0.5, 0.6) is 0 Å². The molecular weight excluding hydrogens is 480 g/mol. The fourth-order valence-corrected chi connectivity index (χ4v) is 4.39. The highest BCUT2D eigenvalue weighted by Crippen LogP contribution is 2.11. The first-order valence-corrected chi connectivity index (χ1v) is 16.5. The Hall–Kier alpha value is -1.90. The average molecular weight is 543 g/mol. The molecule has 0 radical (unpaired) electrons. The summed E-state index contributed by atoms with van der Waals surface area (Å²) >= 11 is 0. The van der Waals surface area contributed by atoms with Crippen molar-refractivity contribution in [2.75, 3.05) is 0 Å². The Balaban J connectivity index is 3.44. The monoisotopic (exact) mass is 542 g/mol. The van der Waals surface area contributed by atoms with Gasteiger partial charge in [0.25, 0.3) is 0 Å². The third-order valence-corrected chi connectivity index (χ3v) is 6.89. The van der Waals surface area contributed by atoms with Crippen LogP contribution in [0.25, 0.3) is 0 Å². The van der Waals surface area contributed by atoms with Crippen LogP contribution in [-0.2, 0) is 14.3 Å². The maximum absolute atomic E-state index is 11.9. The average Bonchev–Trinajstić information content (AvgIpc) is 2.93. The van der Waals surface area contributed by atoms with E-state index in [2.05, 4.69) is 62.5 Å². The smallest absolute Gasteiger partial charge is 0.313 e. The lowest BCUT2D eigenvalue weighted by molar-refractivity contribution is -0.159. The van der Waals surface area contributed by atoms with Crippen molar-refractivity contribution < 1.29 is 14.3 Å². The van der Waals surface area contributed by atoms with Gasteiger partial charge in [-0.15, -0.1) is 0 Å². The number of allylic oxidation sites excluding steroid dienone is 8. The van der Waals surface area contributed by atoms with E-state index in [0.29, 0.717) is 12.8 Å². The summed E-state index contributed by atoms with van der Waals surface area (Å²) in [5.41, 5.74) is 0. The summed E-state index contributed by atoms with van der Waals surface area (Å²) in [6.07, 6.45) is 44.3. The summed E-state index contributed by atoms with van der Waals surface area (Å²) in [5.74, 6) is -0.707. The normalized spacial score (nSPS) is 12.1. The summed E-state index contributed by atoms with van der Waals surface area (Å²) in [7, 11) is 0. The maximum Gasteiger partial charge on any atom is 0.313 e. The highest BCUT2D eigenvalue weighted by Gasteiger charge is 2.09. The molecule has 0 heterocycles. The van der Waals surface area contributed by atoms with Crippen LogP contribution in [-0.4, -0.2) is 11.9 Å². The molecule has 39 heavy (non-hydrogen) atoms. The zero-order valence-electron chi connectivity index (χ0n) is 25.8. The van der Waals surface area contributed by atoms with Crippen LogP contribution in [0.2, 0.25) is 0 Å². The number of ether oxygens (including phenoxy) is 1. The van der Waals surface area contributed by atoms with Crippen molar-refractivity contribution >= 4 is 11.9 Å². The van der Waals surface area contributed by atoms with Gasteiger partial charge in [0.2, 0.25) is 0 Å². The second-order valence-corrected chi connectivity index (χ2v) is 10.8. The Morgan fingerprint density at radius 1 is 0.410 bits per heavy atom. The molecule has 0 aliphatic carbocycles. The Morgan fingerprint density at radius 2 is 0.718 bits per heavy atom. The van der Waals surface area contributed by atoms with Crippen LogP contribution in [0.1, 0.15) is 168 Å². The number of rotatable bonds is 28. The van der Waals surface area contributed by atoms with Gasteiger partial charge >= 0.3 is 11.9 Å². The molecule has 0 unspecified atom stereocenters. The third-order valence-electron chi connectivity index (χ3n) is 6.89. The van der Waals surface area contributed by atoms with Crippen molar-refractivity contribution in [2.45, 2.75) is 168 Å². The zero-order valence-corrected chi connectivity index (χ0v) is 25.8. The minimum absolute atomic E-state index is 0.353. The van der Waals surface area contributed by atoms with Gasteiger partial charge in [0.15, 0.2) is 0 Å². The lowest BCUT2D eigenvalue weighted by Gasteiger charge is -2.04. The van der Waals surface area contributed by atoms with Gasteiger partial charge in [-0.25, -0.2) is 0 Å². The van der Waals surface area contributed by atoms with Crippen molar-refractivity contribution in [3.05, 3.63) is 48.6 Å². The van der Waals surface area contributed by atoms with Crippen LogP contribution in [0.3, 0.4) is 0 Å². The molecule has 3 heteroatoms. The SMILES string of the molecule is CCCCCC=CCC=CCCCCCCCC(=O)OC(=O)CCCCCCC/C=C\C/C=C\CCCCC. The molecular formula is C36H62O3. The van der Waals surface area contributed by atoms with Crippen LogP contribution >= 0.6 is 0 Å². The van der Waals surface area contributed by atoms with E-state index in [1.807, 2.05) is 0 Å². The van der Waals surface area contributed by atoms with E-state index in [0.717, 1.165) is 64.2 Å². The second kappa shape index (κ2) is 32.3. The van der Waals surface area contributed by atoms with E-state index in [1.54, 1.807) is 0 Å². The highest BCUT2D eigenvalue weighted by atomic mass is 16.6. The summed E-state index contributed by atoms with van der Waals surface area (Å²) in [6, 6.07) is 0. The van der Waals surface area contributed by atoms with E-state index >= 15 is 0 Å². The molecule has 0 aliphatic rings. The largest absolute Gasteiger partial charge is 0.393 e. The molecule has 0 N–H and O–H groups in total. The summed E-state index contributed by atoms with van der Waals surface area (Å²) in [5, 5.41) is 0. The molecule has 0 aromatic heterocycles. The van der Waals surface area contributed by atoms with Gasteiger partial charge in [-0.2, -0.15) is 0 Å². The highest BCUT2D eigenvalue weighted by molar-refractivity contribution is 5.85. The van der Waals surface area contributed by atoms with Gasteiger partial charge in [-0.3, -0.25) is 9.59 Å². The quantitative estimate of drug-likeness (QED) is 0.0427. The van der Waals surface area contributed by atoms with Gasteiger partial charge in [0.1, 0.15) is 0 Å². The fraction of sp³-hybridized carbons (Fsp3) is 0.722. The number of carbonyl (C=O) groups excluding carboxylic acids is 2. The molecule has 0 saturated heterocycles. The molecule has 0 atom stereocenters. The number of unbranched alkanes of at least 4 members (excludes halogenated alkanes) is 16. The van der Waals surface area contributed by atoms with Gasteiger partial charge in [-0.05, 0) is 77.0 Å². The van der Waals surface area contributed by atoms with Gasteiger partial charge in [0.05, 0.1) is 0 Å². The third kappa shape index (κ3) is 32.2. The summed E-state index contributed by atoms with van der Waals surface area (Å²) in [4.78, 5) is 23.8. The first-order valence-electron chi connectivity index (χ1n) is 16.5. The molecule has 0 rings (SSSR count). The molecule has 0 bridgehead atoms. The Morgan fingerprint density at radius 3 is 1.08 bits per heavy atom. The molecule has 224 valence electrons. The van der Waals surface area contributed by atoms with E-state index in [1.165, 1.54) is 77.0 Å². The summed E-state index contributed by atoms with van der Waals surface area (Å²) < 4.78 is 4.98. The minimum atomic E-state index is -0.353. The Bertz CT molecular complexity index is 600. The lowest BCUT2D eigenvalue weighted by atomic mass is 10.1.